The minimum Gasteiger partial charge on any atom is -0.378 e. The average Bonchev–Trinajstić information content (AvgIpc) is 3.43. The van der Waals surface area contributed by atoms with E-state index in [-0.39, 0.29) is 11.8 Å². The molecule has 2 aliphatic heterocycles. The highest BCUT2D eigenvalue weighted by molar-refractivity contribution is 5.99. The fraction of sp³-hybridized carbons (Fsp3) is 0.417. The normalized spacial score (nSPS) is 19.2. The number of hydrazone groups is 1. The van der Waals surface area contributed by atoms with E-state index in [4.69, 9.17) is 14.7 Å². The smallest absolute Gasteiger partial charge is 0.220 e. The van der Waals surface area contributed by atoms with Gasteiger partial charge in [0.25, 0.3) is 0 Å². The first-order valence-electron chi connectivity index (χ1n) is 11.4. The third-order valence-corrected chi connectivity index (χ3v) is 6.20. The molecule has 0 bridgehead atoms. The molecule has 172 valence electrons. The van der Waals surface area contributed by atoms with E-state index < -0.39 is 0 Å². The number of carbonyl (C=O) groups excluding carboxylic acids is 1. The number of carbonyl (C=O) groups is 1. The maximum Gasteiger partial charge on any atom is 0.220 e. The Bertz CT molecular complexity index is 1200. The summed E-state index contributed by atoms with van der Waals surface area (Å²) in [5.74, 6) is 1.01. The highest BCUT2D eigenvalue weighted by atomic mass is 16.5. The molecule has 0 aliphatic carbocycles. The number of hydrogen-bond donors (Lipinski definition) is 2. The van der Waals surface area contributed by atoms with Crippen LogP contribution >= 0.6 is 0 Å². The first kappa shape index (κ1) is 21.4. The SMILES string of the molecule is C/C(=N\Nc1cc(N2CCOCC2)c2ncn(CC3CNC(=O)C3)c2n1)c1cccc(C)c1. The second kappa shape index (κ2) is 9.19. The number of pyridine rings is 1. The van der Waals surface area contributed by atoms with Crippen LogP contribution in [0, 0.1) is 12.8 Å². The van der Waals surface area contributed by atoms with Crippen LogP contribution < -0.4 is 15.6 Å². The van der Waals surface area contributed by atoms with Gasteiger partial charge in [-0.1, -0.05) is 29.8 Å². The van der Waals surface area contributed by atoms with E-state index in [0.29, 0.717) is 38.5 Å². The Kier molecular flexibility index (Phi) is 5.95. The third kappa shape index (κ3) is 4.68. The number of amides is 1. The maximum absolute atomic E-state index is 11.7. The first-order valence-corrected chi connectivity index (χ1v) is 11.4. The Morgan fingerprint density at radius 1 is 1.30 bits per heavy atom. The number of benzene rings is 1. The molecular formula is C24H29N7O2. The molecule has 2 aliphatic rings. The summed E-state index contributed by atoms with van der Waals surface area (Å²) in [5, 5.41) is 7.51. The van der Waals surface area contributed by atoms with Crippen molar-refractivity contribution in [2.24, 2.45) is 11.0 Å². The zero-order valence-electron chi connectivity index (χ0n) is 19.0. The average molecular weight is 448 g/mol. The van der Waals surface area contributed by atoms with Crippen molar-refractivity contribution in [3.63, 3.8) is 0 Å². The third-order valence-electron chi connectivity index (χ3n) is 6.20. The summed E-state index contributed by atoms with van der Waals surface area (Å²) >= 11 is 0. The van der Waals surface area contributed by atoms with Gasteiger partial charge in [0.2, 0.25) is 5.91 Å². The lowest BCUT2D eigenvalue weighted by Gasteiger charge is -2.29. The lowest BCUT2D eigenvalue weighted by molar-refractivity contribution is -0.119. The molecule has 1 aromatic carbocycles. The van der Waals surface area contributed by atoms with Gasteiger partial charge in [0.05, 0.1) is 30.9 Å². The largest absolute Gasteiger partial charge is 0.378 e. The quantitative estimate of drug-likeness (QED) is 0.445. The number of nitrogens with zero attached hydrogens (tertiary/aromatic N) is 5. The van der Waals surface area contributed by atoms with Gasteiger partial charge in [-0.2, -0.15) is 5.10 Å². The zero-order valence-corrected chi connectivity index (χ0v) is 19.0. The van der Waals surface area contributed by atoms with E-state index in [1.54, 1.807) is 0 Å². The van der Waals surface area contributed by atoms with Gasteiger partial charge in [-0.05, 0) is 19.4 Å². The van der Waals surface area contributed by atoms with E-state index >= 15 is 0 Å². The van der Waals surface area contributed by atoms with Crippen molar-refractivity contribution < 1.29 is 9.53 Å². The molecule has 2 aromatic heterocycles. The molecule has 9 heteroatoms. The lowest BCUT2D eigenvalue weighted by Crippen LogP contribution is -2.36. The number of hydrogen-bond acceptors (Lipinski definition) is 7. The topological polar surface area (TPSA) is 96.7 Å². The van der Waals surface area contributed by atoms with Gasteiger partial charge in [-0.25, -0.2) is 9.97 Å². The predicted molar refractivity (Wildman–Crippen MR) is 129 cm³/mol. The Labute approximate surface area is 192 Å². The monoisotopic (exact) mass is 447 g/mol. The minimum atomic E-state index is 0.106. The molecule has 0 radical (unpaired) electrons. The Morgan fingerprint density at radius 2 is 2.15 bits per heavy atom. The van der Waals surface area contributed by atoms with Crippen LogP contribution in [0.25, 0.3) is 11.2 Å². The summed E-state index contributed by atoms with van der Waals surface area (Å²) in [6.07, 6.45) is 2.36. The number of anilines is 2. The van der Waals surface area contributed by atoms with Crippen LogP contribution in [0.5, 0.6) is 0 Å². The van der Waals surface area contributed by atoms with Crippen LogP contribution in [0.1, 0.15) is 24.5 Å². The van der Waals surface area contributed by atoms with Crippen molar-refractivity contribution in [2.75, 3.05) is 43.2 Å². The standard InChI is InChI=1S/C24H29N7O2/c1-16-4-3-5-19(10-16)17(2)28-29-21-12-20(30-6-8-33-9-7-30)23-24(27-21)31(15-26-23)14-18-11-22(32)25-13-18/h3-5,10,12,15,18H,6-9,11,13-14H2,1-2H3,(H,25,32)(H,27,29)/b28-17+. The second-order valence-corrected chi connectivity index (χ2v) is 8.75. The molecule has 2 N–H and O–H groups in total. The molecule has 4 heterocycles. The van der Waals surface area contributed by atoms with Gasteiger partial charge >= 0.3 is 0 Å². The fourth-order valence-corrected chi connectivity index (χ4v) is 4.40. The molecule has 1 amide bonds. The number of morpholine rings is 1. The van der Waals surface area contributed by atoms with Gasteiger partial charge in [0.1, 0.15) is 5.52 Å². The maximum atomic E-state index is 11.7. The van der Waals surface area contributed by atoms with Crippen LogP contribution in [0.2, 0.25) is 0 Å². The van der Waals surface area contributed by atoms with Gasteiger partial charge in [-0.15, -0.1) is 0 Å². The van der Waals surface area contributed by atoms with Crippen molar-refractivity contribution in [1.29, 1.82) is 0 Å². The van der Waals surface area contributed by atoms with Gasteiger partial charge < -0.3 is 19.5 Å². The van der Waals surface area contributed by atoms with Crippen LogP contribution in [-0.2, 0) is 16.1 Å². The minimum absolute atomic E-state index is 0.106. The summed E-state index contributed by atoms with van der Waals surface area (Å²) in [4.78, 5) is 23.5. The lowest BCUT2D eigenvalue weighted by atomic mass is 10.1. The number of rotatable bonds is 6. The Balaban J connectivity index is 1.48. The van der Waals surface area contributed by atoms with Crippen molar-refractivity contribution >= 4 is 34.3 Å². The fourth-order valence-electron chi connectivity index (χ4n) is 4.40. The predicted octanol–water partition coefficient (Wildman–Crippen LogP) is 2.55. The number of nitrogens with one attached hydrogen (secondary N) is 2. The van der Waals surface area contributed by atoms with Crippen LogP contribution in [-0.4, -0.2) is 59.0 Å². The van der Waals surface area contributed by atoms with E-state index in [1.807, 2.05) is 30.0 Å². The number of aryl methyl sites for hydroxylation is 1. The highest BCUT2D eigenvalue weighted by Gasteiger charge is 2.24. The van der Waals surface area contributed by atoms with Gasteiger partial charge in [-0.3, -0.25) is 10.2 Å². The number of fused-ring (bicyclic) bond motifs is 1. The highest BCUT2D eigenvalue weighted by Crippen LogP contribution is 2.29. The molecular weight excluding hydrogens is 418 g/mol. The van der Waals surface area contributed by atoms with Gasteiger partial charge in [0, 0.05) is 44.6 Å². The molecule has 2 fully saturated rings. The molecule has 0 spiro atoms. The molecule has 0 saturated carbocycles. The van der Waals surface area contributed by atoms with E-state index in [1.165, 1.54) is 5.56 Å². The number of aromatic nitrogens is 3. The van der Waals surface area contributed by atoms with Crippen LogP contribution in [0.4, 0.5) is 11.5 Å². The second-order valence-electron chi connectivity index (χ2n) is 8.75. The Hall–Kier alpha value is -3.46. The summed E-state index contributed by atoms with van der Waals surface area (Å²) in [6, 6.07) is 10.3. The molecule has 5 rings (SSSR count). The zero-order chi connectivity index (χ0) is 22.8. The number of imidazole rings is 1. The molecule has 2 saturated heterocycles. The van der Waals surface area contributed by atoms with Crippen molar-refractivity contribution in [1.82, 2.24) is 19.9 Å². The van der Waals surface area contributed by atoms with Crippen LogP contribution in [0.15, 0.2) is 41.8 Å². The van der Waals surface area contributed by atoms with Crippen molar-refractivity contribution in [2.45, 2.75) is 26.8 Å². The summed E-state index contributed by atoms with van der Waals surface area (Å²) in [5.41, 5.74) is 8.99. The van der Waals surface area contributed by atoms with Crippen molar-refractivity contribution in [3.05, 3.63) is 47.8 Å². The summed E-state index contributed by atoms with van der Waals surface area (Å²) < 4.78 is 7.59. The Morgan fingerprint density at radius 3 is 2.91 bits per heavy atom. The molecule has 1 unspecified atom stereocenters. The van der Waals surface area contributed by atoms with Crippen molar-refractivity contribution in [3.8, 4) is 0 Å². The van der Waals surface area contributed by atoms with E-state index in [0.717, 1.165) is 41.2 Å². The summed E-state index contributed by atoms with van der Waals surface area (Å²) in [6.45, 7) is 8.42. The first-order chi connectivity index (χ1) is 16.1. The summed E-state index contributed by atoms with van der Waals surface area (Å²) in [7, 11) is 0. The molecule has 33 heavy (non-hydrogen) atoms. The van der Waals surface area contributed by atoms with Crippen LogP contribution in [0.3, 0.4) is 0 Å². The van der Waals surface area contributed by atoms with E-state index in [2.05, 4.69) is 45.9 Å². The van der Waals surface area contributed by atoms with Gasteiger partial charge in [0.15, 0.2) is 11.5 Å². The molecule has 9 nitrogen and oxygen atoms in total. The molecule has 3 aromatic rings. The van der Waals surface area contributed by atoms with E-state index in [9.17, 15) is 4.79 Å². The molecule has 1 atom stereocenters. The number of ether oxygens (including phenoxy) is 1.